The first-order valence-electron chi connectivity index (χ1n) is 11.3. The number of hydrogen-bond acceptors (Lipinski definition) is 4. The Morgan fingerprint density at radius 1 is 1.03 bits per heavy atom. The average Bonchev–Trinajstić information content (AvgIpc) is 3.34. The smallest absolute Gasteiger partial charge is 0.357 e. The van der Waals surface area contributed by atoms with Crippen LogP contribution in [0.4, 0.5) is 19.0 Å². The van der Waals surface area contributed by atoms with Gasteiger partial charge < -0.3 is 10.2 Å². The van der Waals surface area contributed by atoms with E-state index < -0.39 is 11.7 Å². The topological polar surface area (TPSA) is 48.5 Å². The lowest BCUT2D eigenvalue weighted by Crippen LogP contribution is -2.43. The highest BCUT2D eigenvalue weighted by molar-refractivity contribution is 5.79. The van der Waals surface area contributed by atoms with Crippen LogP contribution < -0.4 is 10.2 Å². The number of alkyl halides is 3. The molecule has 0 spiro atoms. The van der Waals surface area contributed by atoms with Crippen molar-refractivity contribution in [3.8, 4) is 0 Å². The van der Waals surface area contributed by atoms with Crippen LogP contribution in [-0.4, -0.2) is 48.5 Å². The number of benzene rings is 1. The van der Waals surface area contributed by atoms with Crippen molar-refractivity contribution in [2.45, 2.75) is 37.9 Å². The summed E-state index contributed by atoms with van der Waals surface area (Å²) in [6.07, 6.45) is 0.184. The van der Waals surface area contributed by atoms with Crippen LogP contribution in [0.1, 0.15) is 42.9 Å². The maximum Gasteiger partial charge on any atom is 0.417 e. The Bertz CT molecular complexity index is 874. The molecule has 2 aromatic rings. The van der Waals surface area contributed by atoms with Crippen LogP contribution in [0, 0.1) is 5.92 Å². The minimum Gasteiger partial charge on any atom is -0.357 e. The molecule has 2 saturated heterocycles. The third-order valence-electron chi connectivity index (χ3n) is 6.50. The third-order valence-corrected chi connectivity index (χ3v) is 6.50. The summed E-state index contributed by atoms with van der Waals surface area (Å²) in [5.41, 5.74) is 0.472. The molecule has 4 rings (SSSR count). The molecule has 2 aliphatic heterocycles. The molecule has 5 nitrogen and oxygen atoms in total. The van der Waals surface area contributed by atoms with Gasteiger partial charge in [-0.3, -0.25) is 9.69 Å². The Balaban J connectivity index is 1.30. The third kappa shape index (κ3) is 5.41. The predicted molar refractivity (Wildman–Crippen MR) is 117 cm³/mol. The molecule has 1 aromatic heterocycles. The zero-order valence-electron chi connectivity index (χ0n) is 18.0. The van der Waals surface area contributed by atoms with E-state index in [1.54, 1.807) is 0 Å². The highest BCUT2D eigenvalue weighted by Gasteiger charge is 2.32. The van der Waals surface area contributed by atoms with Crippen molar-refractivity contribution in [1.29, 1.82) is 0 Å². The number of hydrogen-bond donors (Lipinski definition) is 1. The number of piperidine rings is 1. The molecular formula is C24H29F3N4O. The monoisotopic (exact) mass is 446 g/mol. The second-order valence-electron chi connectivity index (χ2n) is 8.58. The number of pyridine rings is 1. The van der Waals surface area contributed by atoms with Crippen molar-refractivity contribution in [2.24, 2.45) is 5.92 Å². The Morgan fingerprint density at radius 2 is 1.72 bits per heavy atom. The number of likely N-dealkylation sites (tertiary alicyclic amines) is 1. The van der Waals surface area contributed by atoms with Gasteiger partial charge in [-0.15, -0.1) is 0 Å². The summed E-state index contributed by atoms with van der Waals surface area (Å²) in [5.74, 6) is 0.496. The fourth-order valence-corrected chi connectivity index (χ4v) is 4.64. The normalized spacial score (nSPS) is 19.2. The SMILES string of the molecule is O=C(NCC(c1ccccc1)N1CCCC1)C1CCN(c2ccc(C(F)(F)F)cn2)CC1. The molecule has 8 heteroatoms. The van der Waals surface area contributed by atoms with Gasteiger partial charge in [-0.2, -0.15) is 13.2 Å². The Morgan fingerprint density at radius 3 is 2.31 bits per heavy atom. The van der Waals surface area contributed by atoms with Crippen LogP contribution >= 0.6 is 0 Å². The molecule has 1 amide bonds. The summed E-state index contributed by atoms with van der Waals surface area (Å²) in [4.78, 5) is 21.2. The van der Waals surface area contributed by atoms with Gasteiger partial charge in [0.1, 0.15) is 5.82 Å². The van der Waals surface area contributed by atoms with E-state index in [-0.39, 0.29) is 17.9 Å². The summed E-state index contributed by atoms with van der Waals surface area (Å²) >= 11 is 0. The van der Waals surface area contributed by atoms with Crippen molar-refractivity contribution in [3.05, 3.63) is 59.8 Å². The van der Waals surface area contributed by atoms with E-state index in [1.807, 2.05) is 23.1 Å². The lowest BCUT2D eigenvalue weighted by molar-refractivity contribution is -0.137. The van der Waals surface area contributed by atoms with E-state index in [0.29, 0.717) is 38.3 Å². The zero-order valence-corrected chi connectivity index (χ0v) is 18.0. The van der Waals surface area contributed by atoms with E-state index in [9.17, 15) is 18.0 Å². The standard InChI is InChI=1S/C24H29F3N4O/c25-24(26,27)20-8-9-22(28-16-20)31-14-10-19(11-15-31)23(32)29-17-21(30-12-4-5-13-30)18-6-2-1-3-7-18/h1-3,6-9,16,19,21H,4-5,10-15,17H2,(H,29,32). The van der Waals surface area contributed by atoms with Crippen molar-refractivity contribution in [1.82, 2.24) is 15.2 Å². The maximum absolute atomic E-state index is 12.9. The molecule has 0 radical (unpaired) electrons. The summed E-state index contributed by atoms with van der Waals surface area (Å²) in [5, 5.41) is 3.17. The van der Waals surface area contributed by atoms with Gasteiger partial charge in [0, 0.05) is 31.7 Å². The molecule has 0 bridgehead atoms. The molecule has 1 unspecified atom stereocenters. The van der Waals surface area contributed by atoms with Crippen molar-refractivity contribution in [3.63, 3.8) is 0 Å². The van der Waals surface area contributed by atoms with Crippen LogP contribution in [-0.2, 0) is 11.0 Å². The maximum atomic E-state index is 12.9. The number of anilines is 1. The lowest BCUT2D eigenvalue weighted by atomic mass is 9.95. The average molecular weight is 447 g/mol. The van der Waals surface area contributed by atoms with Gasteiger partial charge >= 0.3 is 6.18 Å². The fourth-order valence-electron chi connectivity index (χ4n) is 4.64. The van der Waals surface area contributed by atoms with Crippen molar-refractivity contribution < 1.29 is 18.0 Å². The highest BCUT2D eigenvalue weighted by Crippen LogP contribution is 2.30. The van der Waals surface area contributed by atoms with Gasteiger partial charge in [-0.25, -0.2) is 4.98 Å². The number of nitrogens with one attached hydrogen (secondary N) is 1. The van der Waals surface area contributed by atoms with E-state index in [0.717, 1.165) is 25.4 Å². The molecule has 1 N–H and O–H groups in total. The summed E-state index contributed by atoms with van der Waals surface area (Å²) in [6.45, 7) is 3.89. The molecule has 1 aromatic carbocycles. The van der Waals surface area contributed by atoms with E-state index in [2.05, 4.69) is 27.3 Å². The molecule has 3 heterocycles. The minimum atomic E-state index is -4.39. The largest absolute Gasteiger partial charge is 0.417 e. The minimum absolute atomic E-state index is 0.0603. The molecule has 0 aliphatic carbocycles. The van der Waals surface area contributed by atoms with Crippen LogP contribution in [0.2, 0.25) is 0 Å². The van der Waals surface area contributed by atoms with Crippen LogP contribution in [0.25, 0.3) is 0 Å². The first-order valence-corrected chi connectivity index (χ1v) is 11.3. The number of aromatic nitrogens is 1. The first-order chi connectivity index (χ1) is 15.4. The molecule has 32 heavy (non-hydrogen) atoms. The number of carbonyl (C=O) groups is 1. The predicted octanol–water partition coefficient (Wildman–Crippen LogP) is 4.27. The summed E-state index contributed by atoms with van der Waals surface area (Å²) in [7, 11) is 0. The van der Waals surface area contributed by atoms with Gasteiger partial charge in [0.25, 0.3) is 0 Å². The molecular weight excluding hydrogens is 417 g/mol. The van der Waals surface area contributed by atoms with E-state index >= 15 is 0 Å². The fraction of sp³-hybridized carbons (Fsp3) is 0.500. The van der Waals surface area contributed by atoms with Gasteiger partial charge in [0.15, 0.2) is 0 Å². The number of nitrogens with zero attached hydrogens (tertiary/aromatic N) is 3. The molecule has 0 saturated carbocycles. The second-order valence-corrected chi connectivity index (χ2v) is 8.58. The van der Waals surface area contributed by atoms with Crippen molar-refractivity contribution >= 4 is 11.7 Å². The van der Waals surface area contributed by atoms with E-state index in [4.69, 9.17) is 0 Å². The van der Waals surface area contributed by atoms with E-state index in [1.165, 1.54) is 24.5 Å². The first kappa shape index (κ1) is 22.6. The van der Waals surface area contributed by atoms with Gasteiger partial charge in [-0.1, -0.05) is 30.3 Å². The van der Waals surface area contributed by atoms with Crippen LogP contribution in [0.3, 0.4) is 0 Å². The highest BCUT2D eigenvalue weighted by atomic mass is 19.4. The Labute approximate surface area is 186 Å². The zero-order chi connectivity index (χ0) is 22.6. The summed E-state index contributed by atoms with van der Waals surface area (Å²) in [6, 6.07) is 12.9. The Hall–Kier alpha value is -2.61. The molecule has 172 valence electrons. The number of halogens is 3. The van der Waals surface area contributed by atoms with Gasteiger partial charge in [0.05, 0.1) is 11.6 Å². The lowest BCUT2D eigenvalue weighted by Gasteiger charge is -2.33. The molecule has 2 aliphatic rings. The molecule has 1 atom stereocenters. The van der Waals surface area contributed by atoms with Gasteiger partial charge in [-0.05, 0) is 56.5 Å². The Kier molecular flexibility index (Phi) is 6.98. The number of carbonyl (C=O) groups excluding carboxylic acids is 1. The number of rotatable bonds is 6. The second kappa shape index (κ2) is 9.90. The van der Waals surface area contributed by atoms with Crippen molar-refractivity contribution in [2.75, 3.05) is 37.6 Å². The van der Waals surface area contributed by atoms with Crippen LogP contribution in [0.5, 0.6) is 0 Å². The molecule has 2 fully saturated rings. The quantitative estimate of drug-likeness (QED) is 0.720. The van der Waals surface area contributed by atoms with Gasteiger partial charge in [0.2, 0.25) is 5.91 Å². The summed E-state index contributed by atoms with van der Waals surface area (Å²) < 4.78 is 38.2. The van der Waals surface area contributed by atoms with Crippen LogP contribution in [0.15, 0.2) is 48.7 Å². The number of amides is 1.